The summed E-state index contributed by atoms with van der Waals surface area (Å²) >= 11 is 0. The Bertz CT molecular complexity index is 701. The van der Waals surface area contributed by atoms with Crippen molar-refractivity contribution in [2.45, 2.75) is 11.9 Å². The van der Waals surface area contributed by atoms with E-state index in [9.17, 15) is 23.5 Å². The molecule has 1 heterocycles. The quantitative estimate of drug-likeness (QED) is 0.704. The van der Waals surface area contributed by atoms with E-state index in [1.165, 1.54) is 6.07 Å². The van der Waals surface area contributed by atoms with Crippen molar-refractivity contribution in [1.29, 1.82) is 5.26 Å². The smallest absolute Gasteiger partial charge is 0.480 e. The van der Waals surface area contributed by atoms with Gasteiger partial charge >= 0.3 is 12.3 Å². The van der Waals surface area contributed by atoms with Gasteiger partial charge in [0.05, 0.1) is 6.07 Å². The second-order valence-electron chi connectivity index (χ2n) is 4.33. The number of nitrogens with two attached hydrogens (primary N) is 1. The summed E-state index contributed by atoms with van der Waals surface area (Å²) in [6.07, 6.45) is -4.07. The monoisotopic (exact) mass is 314 g/mol. The number of nitrogens with zero attached hydrogens (tertiary/aromatic N) is 1. The van der Waals surface area contributed by atoms with E-state index in [1.54, 1.807) is 0 Å². The number of nitriles is 1. The fourth-order valence-corrected chi connectivity index (χ4v) is 2.03. The van der Waals surface area contributed by atoms with Crippen LogP contribution < -0.4 is 15.2 Å². The van der Waals surface area contributed by atoms with Gasteiger partial charge in [0, 0.05) is 5.56 Å². The Morgan fingerprint density at radius 1 is 1.41 bits per heavy atom. The van der Waals surface area contributed by atoms with Gasteiger partial charge in [0.15, 0.2) is 23.0 Å². The molecule has 116 valence electrons. The van der Waals surface area contributed by atoms with E-state index in [0.29, 0.717) is 0 Å². The highest BCUT2D eigenvalue weighted by Gasteiger charge is 2.54. The predicted molar refractivity (Wildman–Crippen MR) is 62.5 cm³/mol. The van der Waals surface area contributed by atoms with Gasteiger partial charge in [-0.1, -0.05) is 12.1 Å². The number of amides is 1. The lowest BCUT2D eigenvalue weighted by Gasteiger charge is -2.27. The first-order chi connectivity index (χ1) is 10.1. The Labute approximate surface area is 121 Å². The number of benzene rings is 1. The summed E-state index contributed by atoms with van der Waals surface area (Å²) in [7, 11) is 0. The van der Waals surface area contributed by atoms with Gasteiger partial charge in [-0.25, -0.2) is 0 Å². The fraction of sp³-hybridized carbons (Fsp3) is 0.250. The molecule has 0 spiro atoms. The summed E-state index contributed by atoms with van der Waals surface area (Å²) in [5.74, 6) is -7.13. The molecule has 0 radical (unpaired) electrons. The second kappa shape index (κ2) is 4.81. The maximum atomic E-state index is 13.1. The van der Waals surface area contributed by atoms with Crippen molar-refractivity contribution in [3.05, 3.63) is 23.8 Å². The molecule has 22 heavy (non-hydrogen) atoms. The molecule has 1 aromatic rings. The number of fused-ring (bicyclic) bond motifs is 1. The molecule has 1 aromatic carbocycles. The minimum absolute atomic E-state index is 0.538. The average molecular weight is 314 g/mol. The van der Waals surface area contributed by atoms with Crippen molar-refractivity contribution in [2.75, 3.05) is 0 Å². The molecule has 0 fully saturated rings. The van der Waals surface area contributed by atoms with Gasteiger partial charge in [-0.3, -0.25) is 9.59 Å². The van der Waals surface area contributed by atoms with Crippen LogP contribution in [0.25, 0.3) is 0 Å². The maximum absolute atomic E-state index is 13.1. The Balaban J connectivity index is 2.68. The zero-order valence-corrected chi connectivity index (χ0v) is 10.6. The van der Waals surface area contributed by atoms with Crippen LogP contribution in [0.1, 0.15) is 5.56 Å². The van der Waals surface area contributed by atoms with E-state index >= 15 is 0 Å². The van der Waals surface area contributed by atoms with Crippen molar-refractivity contribution in [1.82, 2.24) is 0 Å². The zero-order valence-electron chi connectivity index (χ0n) is 10.6. The zero-order chi connectivity index (χ0) is 16.7. The van der Waals surface area contributed by atoms with Gasteiger partial charge in [-0.05, 0) is 6.07 Å². The predicted octanol–water partition coefficient (Wildman–Crippen LogP) is -0.0946. The molecule has 0 saturated heterocycles. The summed E-state index contributed by atoms with van der Waals surface area (Å²) in [6.45, 7) is 0. The van der Waals surface area contributed by atoms with Crippen LogP contribution in [0.4, 0.5) is 8.78 Å². The van der Waals surface area contributed by atoms with E-state index < -0.39 is 46.8 Å². The van der Waals surface area contributed by atoms with Crippen LogP contribution in [0.15, 0.2) is 18.2 Å². The summed E-state index contributed by atoms with van der Waals surface area (Å²) in [6, 6.07) is 4.28. The molecule has 0 aliphatic carbocycles. The van der Waals surface area contributed by atoms with Gasteiger partial charge in [0.1, 0.15) is 0 Å². The Morgan fingerprint density at radius 3 is 2.55 bits per heavy atom. The number of hydrogen-bond acceptors (Lipinski definition) is 6. The SMILES string of the molecule is N#CC(C(=O)O)C(O)(C(N)=O)c1cccc2c1OC(F)(F)O2. The van der Waals surface area contributed by atoms with Crippen LogP contribution in [0, 0.1) is 17.2 Å². The minimum atomic E-state index is -4.07. The number of alkyl halides is 2. The highest BCUT2D eigenvalue weighted by molar-refractivity contribution is 5.93. The number of carbonyl (C=O) groups excluding carboxylic acids is 1. The number of primary amides is 1. The molecule has 1 aliphatic heterocycles. The van der Waals surface area contributed by atoms with E-state index in [4.69, 9.17) is 16.1 Å². The van der Waals surface area contributed by atoms with E-state index in [-0.39, 0.29) is 0 Å². The molecular weight excluding hydrogens is 306 g/mol. The number of carboxylic acids is 1. The normalized spacial score (nSPS) is 18.8. The van der Waals surface area contributed by atoms with Gasteiger partial charge in [-0.2, -0.15) is 5.26 Å². The number of halogens is 2. The number of aliphatic hydroxyl groups is 1. The van der Waals surface area contributed by atoms with Crippen LogP contribution >= 0.6 is 0 Å². The first-order valence-corrected chi connectivity index (χ1v) is 5.67. The Hall–Kier alpha value is -2.93. The lowest BCUT2D eigenvalue weighted by molar-refractivity contribution is -0.287. The summed E-state index contributed by atoms with van der Waals surface area (Å²) in [4.78, 5) is 22.6. The van der Waals surface area contributed by atoms with Gasteiger partial charge in [-0.15, -0.1) is 8.78 Å². The number of para-hydroxylation sites is 1. The number of carboxylic acid groups (broad SMARTS) is 1. The number of hydrogen-bond donors (Lipinski definition) is 3. The second-order valence-corrected chi connectivity index (χ2v) is 4.33. The highest BCUT2D eigenvalue weighted by atomic mass is 19.3. The largest absolute Gasteiger partial charge is 0.586 e. The van der Waals surface area contributed by atoms with Crippen LogP contribution in [0.2, 0.25) is 0 Å². The van der Waals surface area contributed by atoms with Crippen molar-refractivity contribution in [3.63, 3.8) is 0 Å². The topological polar surface area (TPSA) is 143 Å². The summed E-state index contributed by atoms with van der Waals surface area (Å²) < 4.78 is 34.6. The van der Waals surface area contributed by atoms with E-state index in [0.717, 1.165) is 18.2 Å². The van der Waals surface area contributed by atoms with Gasteiger partial charge < -0.3 is 25.4 Å². The van der Waals surface area contributed by atoms with E-state index in [2.05, 4.69) is 9.47 Å². The number of ether oxygens (including phenoxy) is 2. The average Bonchev–Trinajstić information content (AvgIpc) is 2.71. The maximum Gasteiger partial charge on any atom is 0.586 e. The molecule has 0 aromatic heterocycles. The molecule has 1 aliphatic rings. The van der Waals surface area contributed by atoms with Crippen LogP contribution in [0.5, 0.6) is 11.5 Å². The summed E-state index contributed by atoms with van der Waals surface area (Å²) in [5, 5.41) is 28.2. The molecular formula is C12H8F2N2O6. The van der Waals surface area contributed by atoms with Gasteiger partial charge in [0.2, 0.25) is 0 Å². The van der Waals surface area contributed by atoms with Gasteiger partial charge in [0.25, 0.3) is 5.91 Å². The Morgan fingerprint density at radius 2 is 2.05 bits per heavy atom. The molecule has 1 amide bonds. The first-order valence-electron chi connectivity index (χ1n) is 5.67. The number of carbonyl (C=O) groups is 2. The molecule has 4 N–H and O–H groups in total. The molecule has 2 unspecified atom stereocenters. The lowest BCUT2D eigenvalue weighted by atomic mass is 9.80. The fourth-order valence-electron chi connectivity index (χ4n) is 2.03. The molecule has 10 heteroatoms. The molecule has 0 saturated carbocycles. The molecule has 2 atom stereocenters. The standard InChI is InChI=1S/C12H8F2N2O6/c13-12(14)21-7-3-1-2-5(8(7)22-12)11(20,10(16)19)6(4-15)9(17)18/h1-3,6,20H,(H2,16,19)(H,17,18). The third-order valence-electron chi connectivity index (χ3n) is 3.01. The van der Waals surface area contributed by atoms with Crippen molar-refractivity contribution in [2.24, 2.45) is 11.7 Å². The van der Waals surface area contributed by atoms with E-state index in [1.807, 2.05) is 0 Å². The number of rotatable bonds is 4. The Kier molecular flexibility index (Phi) is 3.38. The third-order valence-corrected chi connectivity index (χ3v) is 3.01. The molecule has 8 nitrogen and oxygen atoms in total. The van der Waals surface area contributed by atoms with Crippen LogP contribution in [-0.2, 0) is 15.2 Å². The lowest BCUT2D eigenvalue weighted by Crippen LogP contribution is -2.49. The van der Waals surface area contributed by atoms with Crippen LogP contribution in [-0.4, -0.2) is 28.4 Å². The van der Waals surface area contributed by atoms with Crippen LogP contribution in [0.3, 0.4) is 0 Å². The molecule has 0 bridgehead atoms. The number of aliphatic carboxylic acids is 1. The van der Waals surface area contributed by atoms with Crippen molar-refractivity contribution >= 4 is 11.9 Å². The summed E-state index contributed by atoms with van der Waals surface area (Å²) in [5.41, 5.74) is 1.20. The first kappa shape index (κ1) is 15.5. The minimum Gasteiger partial charge on any atom is -0.480 e. The third kappa shape index (κ3) is 2.17. The van der Waals surface area contributed by atoms with Crippen molar-refractivity contribution in [3.8, 4) is 17.6 Å². The highest BCUT2D eigenvalue weighted by Crippen LogP contribution is 2.48. The van der Waals surface area contributed by atoms with Crippen molar-refractivity contribution < 1.29 is 38.1 Å². The molecule has 2 rings (SSSR count).